The van der Waals surface area contributed by atoms with Crippen LogP contribution in [0.2, 0.25) is 0 Å². The molecule has 2 aromatic carbocycles. The van der Waals surface area contributed by atoms with E-state index in [0.717, 1.165) is 23.3 Å². The van der Waals surface area contributed by atoms with Crippen LogP contribution in [0.1, 0.15) is 30.6 Å². The third kappa shape index (κ3) is 4.50. The van der Waals surface area contributed by atoms with E-state index in [-0.39, 0.29) is 12.1 Å². The number of ether oxygens (including phenoxy) is 2. The zero-order chi connectivity index (χ0) is 15.9. The molecule has 0 fully saturated rings. The van der Waals surface area contributed by atoms with Gasteiger partial charge in [0.15, 0.2) is 0 Å². The molecule has 3 nitrogen and oxygen atoms in total. The smallest absolute Gasteiger partial charge is 0.308 e. The molecule has 0 radical (unpaired) electrons. The van der Waals surface area contributed by atoms with Crippen LogP contribution in [-0.2, 0) is 4.79 Å². The first-order chi connectivity index (χ1) is 10.6. The summed E-state index contributed by atoms with van der Waals surface area (Å²) in [4.78, 5) is 11.0. The van der Waals surface area contributed by atoms with E-state index in [1.165, 1.54) is 6.92 Å². The fourth-order valence-corrected chi connectivity index (χ4v) is 2.40. The van der Waals surface area contributed by atoms with Crippen LogP contribution in [0.25, 0.3) is 0 Å². The molecule has 0 saturated carbocycles. The van der Waals surface area contributed by atoms with Crippen molar-refractivity contribution in [3.63, 3.8) is 0 Å². The lowest BCUT2D eigenvalue weighted by Crippen LogP contribution is -2.09. The maximum absolute atomic E-state index is 11.0. The van der Waals surface area contributed by atoms with Crippen LogP contribution in [0, 0.1) is 6.92 Å². The summed E-state index contributed by atoms with van der Waals surface area (Å²) in [6, 6.07) is 15.3. The number of rotatable bonds is 6. The van der Waals surface area contributed by atoms with Crippen molar-refractivity contribution in [2.24, 2.45) is 0 Å². The molecule has 0 N–H and O–H groups in total. The van der Waals surface area contributed by atoms with Gasteiger partial charge in [0.25, 0.3) is 0 Å². The third-order valence-electron chi connectivity index (χ3n) is 3.22. The Hall–Kier alpha value is -2.00. The highest BCUT2D eigenvalue weighted by Crippen LogP contribution is 2.30. The maximum atomic E-state index is 11.0. The SMILES string of the molecule is CC(=O)Oc1ccc(O[C@H](CCCl)c2ccccc2)c(C)c1. The molecule has 0 unspecified atom stereocenters. The topological polar surface area (TPSA) is 35.5 Å². The van der Waals surface area contributed by atoms with Crippen molar-refractivity contribution < 1.29 is 14.3 Å². The average Bonchev–Trinajstić information content (AvgIpc) is 2.49. The molecule has 0 aromatic heterocycles. The van der Waals surface area contributed by atoms with Gasteiger partial charge in [0.2, 0.25) is 0 Å². The van der Waals surface area contributed by atoms with E-state index in [2.05, 4.69) is 0 Å². The molecule has 0 aliphatic carbocycles. The molecule has 0 aliphatic rings. The Balaban J connectivity index is 2.18. The molecule has 2 aromatic rings. The monoisotopic (exact) mass is 318 g/mol. The lowest BCUT2D eigenvalue weighted by atomic mass is 10.1. The first-order valence-electron chi connectivity index (χ1n) is 7.17. The van der Waals surface area contributed by atoms with Gasteiger partial charge in [0.1, 0.15) is 17.6 Å². The fraction of sp³-hybridized carbons (Fsp3) is 0.278. The normalized spacial score (nSPS) is 11.8. The molecule has 4 heteroatoms. The first-order valence-corrected chi connectivity index (χ1v) is 7.70. The molecule has 0 spiro atoms. The summed E-state index contributed by atoms with van der Waals surface area (Å²) in [5.41, 5.74) is 2.00. The van der Waals surface area contributed by atoms with Gasteiger partial charge < -0.3 is 9.47 Å². The molecule has 22 heavy (non-hydrogen) atoms. The van der Waals surface area contributed by atoms with Crippen LogP contribution in [0.5, 0.6) is 11.5 Å². The van der Waals surface area contributed by atoms with Gasteiger partial charge in [-0.3, -0.25) is 4.79 Å². The van der Waals surface area contributed by atoms with E-state index in [0.29, 0.717) is 11.6 Å². The lowest BCUT2D eigenvalue weighted by Gasteiger charge is -2.20. The Kier molecular flexibility index (Phi) is 5.84. The van der Waals surface area contributed by atoms with Gasteiger partial charge >= 0.3 is 5.97 Å². The minimum Gasteiger partial charge on any atom is -0.485 e. The predicted octanol–water partition coefficient (Wildman–Crippen LogP) is 4.67. The maximum Gasteiger partial charge on any atom is 0.308 e. The predicted molar refractivity (Wildman–Crippen MR) is 87.6 cm³/mol. The number of hydrogen-bond acceptors (Lipinski definition) is 3. The molecule has 0 aliphatic heterocycles. The second-order valence-electron chi connectivity index (χ2n) is 5.02. The van der Waals surface area contributed by atoms with Crippen LogP contribution >= 0.6 is 11.6 Å². The number of hydrogen-bond donors (Lipinski definition) is 0. The van der Waals surface area contributed by atoms with Crippen molar-refractivity contribution in [2.45, 2.75) is 26.4 Å². The lowest BCUT2D eigenvalue weighted by molar-refractivity contribution is -0.131. The molecule has 2 rings (SSSR count). The molecular formula is C18H19ClO3. The average molecular weight is 319 g/mol. The summed E-state index contributed by atoms with van der Waals surface area (Å²) in [5, 5.41) is 0. The van der Waals surface area contributed by atoms with Crippen LogP contribution < -0.4 is 9.47 Å². The molecule has 0 bridgehead atoms. The number of benzene rings is 2. The van der Waals surface area contributed by atoms with Gasteiger partial charge in [-0.15, -0.1) is 11.6 Å². The molecule has 1 atom stereocenters. The summed E-state index contributed by atoms with van der Waals surface area (Å²) in [5.74, 6) is 1.46. The molecule has 0 amide bonds. The minimum absolute atomic E-state index is 0.100. The van der Waals surface area contributed by atoms with Crippen molar-refractivity contribution in [1.82, 2.24) is 0 Å². The zero-order valence-corrected chi connectivity index (χ0v) is 13.5. The zero-order valence-electron chi connectivity index (χ0n) is 12.7. The quantitative estimate of drug-likeness (QED) is 0.441. The number of aryl methyl sites for hydroxylation is 1. The van der Waals surface area contributed by atoms with Gasteiger partial charge in [-0.1, -0.05) is 30.3 Å². The summed E-state index contributed by atoms with van der Waals surface area (Å²) >= 11 is 5.90. The fourth-order valence-electron chi connectivity index (χ4n) is 2.20. The van der Waals surface area contributed by atoms with E-state index >= 15 is 0 Å². The van der Waals surface area contributed by atoms with Crippen LogP contribution in [0.4, 0.5) is 0 Å². The van der Waals surface area contributed by atoms with Gasteiger partial charge in [-0.2, -0.15) is 0 Å². The number of carbonyl (C=O) groups is 1. The number of esters is 1. The van der Waals surface area contributed by atoms with E-state index in [4.69, 9.17) is 21.1 Å². The van der Waals surface area contributed by atoms with E-state index in [9.17, 15) is 4.79 Å². The standard InChI is InChI=1S/C18H19ClO3/c1-13-12-16(21-14(2)20)8-9-17(13)22-18(10-11-19)15-6-4-3-5-7-15/h3-9,12,18H,10-11H2,1-2H3/t18-/m1/s1. The first kappa shape index (κ1) is 16.4. The Morgan fingerprint density at radius 1 is 1.18 bits per heavy atom. The summed E-state index contributed by atoms with van der Waals surface area (Å²) in [6.07, 6.45) is 0.619. The highest BCUT2D eigenvalue weighted by molar-refractivity contribution is 6.17. The molecule has 116 valence electrons. The number of carbonyl (C=O) groups excluding carboxylic acids is 1. The van der Waals surface area contributed by atoms with Crippen LogP contribution in [-0.4, -0.2) is 11.8 Å². The second-order valence-corrected chi connectivity index (χ2v) is 5.39. The minimum atomic E-state index is -0.336. The van der Waals surface area contributed by atoms with E-state index in [1.54, 1.807) is 12.1 Å². The Morgan fingerprint density at radius 3 is 2.50 bits per heavy atom. The number of alkyl halides is 1. The van der Waals surface area contributed by atoms with Gasteiger partial charge in [-0.05, 0) is 36.2 Å². The second kappa shape index (κ2) is 7.85. The van der Waals surface area contributed by atoms with Gasteiger partial charge in [0, 0.05) is 19.2 Å². The van der Waals surface area contributed by atoms with Crippen molar-refractivity contribution in [3.05, 3.63) is 59.7 Å². The largest absolute Gasteiger partial charge is 0.485 e. The summed E-state index contributed by atoms with van der Waals surface area (Å²) < 4.78 is 11.2. The van der Waals surface area contributed by atoms with Crippen molar-refractivity contribution in [1.29, 1.82) is 0 Å². The highest BCUT2D eigenvalue weighted by atomic mass is 35.5. The highest BCUT2D eigenvalue weighted by Gasteiger charge is 2.14. The van der Waals surface area contributed by atoms with Crippen molar-refractivity contribution in [3.8, 4) is 11.5 Å². The summed E-state index contributed by atoms with van der Waals surface area (Å²) in [7, 11) is 0. The molecule has 0 heterocycles. The van der Waals surface area contributed by atoms with Crippen LogP contribution in [0.3, 0.4) is 0 Å². The van der Waals surface area contributed by atoms with Crippen LogP contribution in [0.15, 0.2) is 48.5 Å². The Bertz CT molecular complexity index is 625. The van der Waals surface area contributed by atoms with Gasteiger partial charge in [-0.25, -0.2) is 0 Å². The van der Waals surface area contributed by atoms with E-state index < -0.39 is 0 Å². The van der Waals surface area contributed by atoms with Gasteiger partial charge in [0.05, 0.1) is 0 Å². The Labute approximate surface area is 135 Å². The van der Waals surface area contributed by atoms with E-state index in [1.807, 2.05) is 43.3 Å². The molecule has 0 saturated heterocycles. The summed E-state index contributed by atoms with van der Waals surface area (Å²) in [6.45, 7) is 3.30. The van der Waals surface area contributed by atoms with Crippen molar-refractivity contribution in [2.75, 3.05) is 5.88 Å². The Morgan fingerprint density at radius 2 is 1.91 bits per heavy atom. The van der Waals surface area contributed by atoms with Crippen molar-refractivity contribution >= 4 is 17.6 Å². The molecular weight excluding hydrogens is 300 g/mol. The third-order valence-corrected chi connectivity index (χ3v) is 3.44. The number of halogens is 1.